The number of aryl methyl sites for hydroxylation is 1. The van der Waals surface area contributed by atoms with Crippen molar-refractivity contribution in [1.29, 1.82) is 0 Å². The topological polar surface area (TPSA) is 54.2 Å². The third kappa shape index (κ3) is 7.04. The molecular weight excluding hydrogens is 325 g/mol. The zero-order chi connectivity index (χ0) is 17.0. The molecule has 0 spiro atoms. The predicted molar refractivity (Wildman–Crippen MR) is 97.9 cm³/mol. The highest BCUT2D eigenvalue weighted by Crippen LogP contribution is 2.17. The summed E-state index contributed by atoms with van der Waals surface area (Å²) in [5.41, 5.74) is 0. The minimum Gasteiger partial charge on any atom is -0.357 e. The van der Waals surface area contributed by atoms with Crippen LogP contribution >= 0.6 is 11.8 Å². The molecule has 0 saturated heterocycles. The lowest BCUT2D eigenvalue weighted by Crippen LogP contribution is -2.38. The van der Waals surface area contributed by atoms with Gasteiger partial charge in [0.2, 0.25) is 0 Å². The van der Waals surface area contributed by atoms with Gasteiger partial charge < -0.3 is 10.6 Å². The summed E-state index contributed by atoms with van der Waals surface area (Å²) in [6.07, 6.45) is 4.69. The molecule has 1 aromatic heterocycles. The van der Waals surface area contributed by atoms with Crippen molar-refractivity contribution in [1.82, 2.24) is 20.4 Å². The van der Waals surface area contributed by atoms with Gasteiger partial charge in [-0.2, -0.15) is 5.10 Å². The van der Waals surface area contributed by atoms with Gasteiger partial charge in [0.1, 0.15) is 5.82 Å². The molecule has 0 aliphatic heterocycles. The number of hydrogen-bond acceptors (Lipinski definition) is 3. The molecule has 0 atom stereocenters. The predicted octanol–water partition coefficient (Wildman–Crippen LogP) is 2.76. The lowest BCUT2D eigenvalue weighted by molar-refractivity contribution is 0.584. The summed E-state index contributed by atoms with van der Waals surface area (Å²) in [5, 5.41) is 10.7. The Morgan fingerprint density at radius 2 is 2.12 bits per heavy atom. The van der Waals surface area contributed by atoms with Crippen molar-refractivity contribution in [2.75, 3.05) is 25.4 Å². The minimum atomic E-state index is -0.200. The first-order chi connectivity index (χ1) is 11.8. The minimum absolute atomic E-state index is 0.200. The van der Waals surface area contributed by atoms with Gasteiger partial charge in [-0.05, 0) is 43.7 Å². The highest BCUT2D eigenvalue weighted by atomic mass is 32.2. The third-order valence-electron chi connectivity index (χ3n) is 3.20. The first kappa shape index (κ1) is 18.3. The Morgan fingerprint density at radius 3 is 2.83 bits per heavy atom. The molecule has 5 nitrogen and oxygen atoms in total. The smallest absolute Gasteiger partial charge is 0.191 e. The summed E-state index contributed by atoms with van der Waals surface area (Å²) in [7, 11) is 0. The summed E-state index contributed by atoms with van der Waals surface area (Å²) in [6, 6.07) is 8.50. The largest absolute Gasteiger partial charge is 0.357 e. The fourth-order valence-corrected chi connectivity index (χ4v) is 2.84. The van der Waals surface area contributed by atoms with Crippen molar-refractivity contribution in [2.24, 2.45) is 4.99 Å². The van der Waals surface area contributed by atoms with Crippen molar-refractivity contribution >= 4 is 17.7 Å². The number of nitrogens with one attached hydrogen (secondary N) is 2. The molecule has 0 bridgehead atoms. The van der Waals surface area contributed by atoms with E-state index >= 15 is 0 Å². The summed E-state index contributed by atoms with van der Waals surface area (Å²) < 4.78 is 14.8. The number of aromatic nitrogens is 2. The number of thioether (sulfide) groups is 1. The van der Waals surface area contributed by atoms with E-state index in [2.05, 4.69) is 20.7 Å². The molecule has 1 aromatic carbocycles. The maximum absolute atomic E-state index is 12.9. The number of halogens is 1. The maximum atomic E-state index is 12.9. The Kier molecular flexibility index (Phi) is 8.17. The first-order valence-corrected chi connectivity index (χ1v) is 9.14. The van der Waals surface area contributed by atoms with E-state index < -0.39 is 0 Å². The lowest BCUT2D eigenvalue weighted by atomic mass is 10.4. The van der Waals surface area contributed by atoms with Gasteiger partial charge in [0.05, 0.1) is 0 Å². The average Bonchev–Trinajstić information content (AvgIpc) is 3.10. The van der Waals surface area contributed by atoms with Gasteiger partial charge in [-0.25, -0.2) is 4.39 Å². The first-order valence-electron chi connectivity index (χ1n) is 8.16. The maximum Gasteiger partial charge on any atom is 0.191 e. The summed E-state index contributed by atoms with van der Waals surface area (Å²) in [5.74, 6) is 1.52. The Morgan fingerprint density at radius 1 is 1.29 bits per heavy atom. The zero-order valence-corrected chi connectivity index (χ0v) is 14.7. The van der Waals surface area contributed by atoms with E-state index in [1.165, 1.54) is 12.1 Å². The van der Waals surface area contributed by atoms with Crippen LogP contribution < -0.4 is 10.6 Å². The molecule has 2 N–H and O–H groups in total. The van der Waals surface area contributed by atoms with Crippen molar-refractivity contribution in [3.8, 4) is 0 Å². The third-order valence-corrected chi connectivity index (χ3v) is 4.21. The van der Waals surface area contributed by atoms with Crippen LogP contribution in [0.5, 0.6) is 0 Å². The Balaban J connectivity index is 1.65. The van der Waals surface area contributed by atoms with Crippen LogP contribution in [-0.4, -0.2) is 41.1 Å². The molecule has 2 aromatic rings. The second-order valence-corrected chi connectivity index (χ2v) is 6.28. The van der Waals surface area contributed by atoms with Crippen molar-refractivity contribution < 1.29 is 4.39 Å². The molecule has 7 heteroatoms. The normalized spacial score (nSPS) is 11.5. The number of guanidine groups is 1. The van der Waals surface area contributed by atoms with Gasteiger partial charge >= 0.3 is 0 Å². The van der Waals surface area contributed by atoms with Crippen LogP contribution in [0.1, 0.15) is 13.3 Å². The molecule has 0 radical (unpaired) electrons. The van der Waals surface area contributed by atoms with Gasteiger partial charge in [-0.15, -0.1) is 11.8 Å². The van der Waals surface area contributed by atoms with Crippen molar-refractivity contribution in [3.05, 3.63) is 48.5 Å². The fraction of sp³-hybridized carbons (Fsp3) is 0.412. The van der Waals surface area contributed by atoms with E-state index in [9.17, 15) is 4.39 Å². The van der Waals surface area contributed by atoms with Gasteiger partial charge in [0.15, 0.2) is 5.96 Å². The molecule has 0 aliphatic carbocycles. The van der Waals surface area contributed by atoms with E-state index in [1.54, 1.807) is 30.1 Å². The molecule has 24 heavy (non-hydrogen) atoms. The van der Waals surface area contributed by atoms with Crippen molar-refractivity contribution in [3.63, 3.8) is 0 Å². The van der Waals surface area contributed by atoms with Crippen LogP contribution in [0.2, 0.25) is 0 Å². The van der Waals surface area contributed by atoms with E-state index in [-0.39, 0.29) is 5.82 Å². The molecule has 0 unspecified atom stereocenters. The average molecular weight is 349 g/mol. The summed E-state index contributed by atoms with van der Waals surface area (Å²) in [4.78, 5) is 5.63. The number of nitrogens with zero attached hydrogens (tertiary/aromatic N) is 3. The molecule has 0 fully saturated rings. The van der Waals surface area contributed by atoms with Crippen LogP contribution in [0.3, 0.4) is 0 Å². The molecule has 0 amide bonds. The van der Waals surface area contributed by atoms with Gasteiger partial charge in [0, 0.05) is 49.2 Å². The fourth-order valence-electron chi connectivity index (χ4n) is 2.07. The van der Waals surface area contributed by atoms with Crippen LogP contribution in [0.15, 0.2) is 52.6 Å². The van der Waals surface area contributed by atoms with Gasteiger partial charge in [-0.1, -0.05) is 0 Å². The molecular formula is C17H24FN5S. The molecule has 130 valence electrons. The molecule has 2 rings (SSSR count). The van der Waals surface area contributed by atoms with E-state index in [4.69, 9.17) is 0 Å². The standard InChI is InChI=1S/C17H24FN5S/c1-2-19-17(20-9-3-12-23-13-4-10-22-23)21-11-14-24-16-7-5-15(18)6-8-16/h4-8,10,13H,2-3,9,11-12,14H2,1H3,(H2,19,20,21). The molecule has 0 aliphatic rings. The van der Waals surface area contributed by atoms with E-state index in [0.717, 1.165) is 49.2 Å². The van der Waals surface area contributed by atoms with Crippen LogP contribution in [0.4, 0.5) is 4.39 Å². The molecule has 0 saturated carbocycles. The van der Waals surface area contributed by atoms with Crippen LogP contribution in [0.25, 0.3) is 0 Å². The molecule has 1 heterocycles. The second kappa shape index (κ2) is 10.7. The number of benzene rings is 1. The monoisotopic (exact) mass is 349 g/mol. The van der Waals surface area contributed by atoms with Gasteiger partial charge in [0.25, 0.3) is 0 Å². The Labute approximate surface area is 146 Å². The van der Waals surface area contributed by atoms with Gasteiger partial charge in [-0.3, -0.25) is 9.67 Å². The lowest BCUT2D eigenvalue weighted by Gasteiger charge is -2.11. The van der Waals surface area contributed by atoms with Crippen LogP contribution in [-0.2, 0) is 6.54 Å². The second-order valence-electron chi connectivity index (χ2n) is 5.11. The number of rotatable bonds is 9. The Hall–Kier alpha value is -2.02. The summed E-state index contributed by atoms with van der Waals surface area (Å²) >= 11 is 1.69. The van der Waals surface area contributed by atoms with Crippen molar-refractivity contribution in [2.45, 2.75) is 24.8 Å². The zero-order valence-electron chi connectivity index (χ0n) is 13.9. The van der Waals surface area contributed by atoms with Crippen LogP contribution in [0, 0.1) is 5.82 Å². The quantitative estimate of drug-likeness (QED) is 0.316. The number of hydrogen-bond donors (Lipinski definition) is 2. The Bertz CT molecular complexity index is 598. The number of aliphatic imine (C=N–C) groups is 1. The summed E-state index contributed by atoms with van der Waals surface area (Å²) in [6.45, 7) is 5.30. The van der Waals surface area contributed by atoms with E-state index in [1.807, 2.05) is 23.9 Å². The highest BCUT2D eigenvalue weighted by molar-refractivity contribution is 7.99. The highest BCUT2D eigenvalue weighted by Gasteiger charge is 1.99. The SMILES string of the molecule is CCNC(=NCCCn1cccn1)NCCSc1ccc(F)cc1. The van der Waals surface area contributed by atoms with E-state index in [0.29, 0.717) is 0 Å².